The fraction of sp³-hybridized carbons (Fsp3) is 0.375. The summed E-state index contributed by atoms with van der Waals surface area (Å²) in [5.41, 5.74) is 0.682. The maximum absolute atomic E-state index is 12.1. The van der Waals surface area contributed by atoms with Gasteiger partial charge in [0, 0.05) is 19.2 Å². The molecule has 1 aliphatic rings. The van der Waals surface area contributed by atoms with E-state index in [1.165, 1.54) is 6.42 Å². The number of hydrogen-bond donors (Lipinski definition) is 1. The second-order valence-electron chi connectivity index (χ2n) is 5.65. The molecule has 0 radical (unpaired) electrons. The fourth-order valence-corrected chi connectivity index (χ4v) is 2.36. The molecular weight excluding hydrogens is 266 g/mol. The number of aromatic nitrogens is 1. The molecule has 2 heterocycles. The highest BCUT2D eigenvalue weighted by Crippen LogP contribution is 2.47. The summed E-state index contributed by atoms with van der Waals surface area (Å²) in [7, 11) is 1.74. The summed E-state index contributed by atoms with van der Waals surface area (Å²) < 4.78 is 5.81. The lowest BCUT2D eigenvalue weighted by Gasteiger charge is -2.16. The molecule has 110 valence electrons. The molecule has 0 aliphatic heterocycles. The third-order valence-electron chi connectivity index (χ3n) is 3.81. The Balaban J connectivity index is 1.56. The Kier molecular flexibility index (Phi) is 3.64. The molecule has 1 N–H and O–H groups in total. The highest BCUT2D eigenvalue weighted by Gasteiger charge is 2.36. The Hall–Kier alpha value is -2.30. The number of amides is 2. The van der Waals surface area contributed by atoms with Crippen LogP contribution >= 0.6 is 0 Å². The van der Waals surface area contributed by atoms with Crippen molar-refractivity contribution in [2.24, 2.45) is 5.92 Å². The number of pyridine rings is 1. The van der Waals surface area contributed by atoms with Crippen LogP contribution in [0.3, 0.4) is 0 Å². The molecule has 2 amide bonds. The Labute approximate surface area is 124 Å². The van der Waals surface area contributed by atoms with E-state index in [9.17, 15) is 4.79 Å². The van der Waals surface area contributed by atoms with E-state index in [0.717, 1.165) is 17.4 Å². The lowest BCUT2D eigenvalue weighted by molar-refractivity contribution is 0.216. The average Bonchev–Trinajstić information content (AvgIpc) is 3.03. The number of furan rings is 1. The molecule has 0 saturated heterocycles. The molecule has 5 nitrogen and oxygen atoms in total. The van der Waals surface area contributed by atoms with Gasteiger partial charge in [0.15, 0.2) is 0 Å². The Morgan fingerprint density at radius 2 is 2.29 bits per heavy atom. The normalized spacial score (nSPS) is 20.1. The molecule has 2 atom stereocenters. The van der Waals surface area contributed by atoms with Crippen molar-refractivity contribution >= 4 is 11.7 Å². The molecule has 0 aromatic carbocycles. The second-order valence-corrected chi connectivity index (χ2v) is 5.65. The van der Waals surface area contributed by atoms with Crippen LogP contribution in [0.1, 0.15) is 30.8 Å². The van der Waals surface area contributed by atoms with Crippen LogP contribution in [-0.4, -0.2) is 23.0 Å². The van der Waals surface area contributed by atoms with Crippen molar-refractivity contribution in [1.29, 1.82) is 0 Å². The lowest BCUT2D eigenvalue weighted by atomic mass is 10.3. The minimum Gasteiger partial charge on any atom is -0.464 e. The van der Waals surface area contributed by atoms with Crippen LogP contribution in [0.25, 0.3) is 0 Å². The Morgan fingerprint density at radius 1 is 1.48 bits per heavy atom. The summed E-state index contributed by atoms with van der Waals surface area (Å²) >= 11 is 0. The van der Waals surface area contributed by atoms with Crippen molar-refractivity contribution < 1.29 is 9.21 Å². The molecule has 2 aromatic rings. The van der Waals surface area contributed by atoms with E-state index in [4.69, 9.17) is 4.42 Å². The third kappa shape index (κ3) is 3.24. The molecular formula is C16H19N3O2. The van der Waals surface area contributed by atoms with Gasteiger partial charge in [-0.3, -0.25) is 4.98 Å². The predicted octanol–water partition coefficient (Wildman–Crippen LogP) is 3.46. The lowest BCUT2D eigenvalue weighted by Crippen LogP contribution is -2.30. The molecule has 21 heavy (non-hydrogen) atoms. The molecule has 3 rings (SSSR count). The van der Waals surface area contributed by atoms with Gasteiger partial charge in [-0.25, -0.2) is 4.79 Å². The van der Waals surface area contributed by atoms with Crippen LogP contribution in [-0.2, 0) is 6.54 Å². The molecule has 5 heteroatoms. The average molecular weight is 285 g/mol. The van der Waals surface area contributed by atoms with E-state index in [1.807, 2.05) is 12.1 Å². The first-order valence-electron chi connectivity index (χ1n) is 7.14. The number of carbonyl (C=O) groups excluding carboxylic acids is 1. The largest absolute Gasteiger partial charge is 0.464 e. The van der Waals surface area contributed by atoms with Crippen molar-refractivity contribution in [2.45, 2.75) is 25.8 Å². The molecule has 2 aromatic heterocycles. The minimum atomic E-state index is -0.180. The first-order chi connectivity index (χ1) is 10.1. The van der Waals surface area contributed by atoms with Gasteiger partial charge in [-0.2, -0.15) is 0 Å². The van der Waals surface area contributed by atoms with E-state index in [2.05, 4.69) is 17.2 Å². The summed E-state index contributed by atoms with van der Waals surface area (Å²) in [5, 5.41) is 2.79. The van der Waals surface area contributed by atoms with Crippen molar-refractivity contribution in [3.8, 4) is 0 Å². The maximum Gasteiger partial charge on any atom is 0.322 e. The first kappa shape index (κ1) is 13.7. The number of urea groups is 1. The SMILES string of the molecule is C[C@@H]1C[C@@H]1c1ccc(CN(C)C(=O)Nc2cccnc2)o1. The van der Waals surface area contributed by atoms with Gasteiger partial charge in [-0.1, -0.05) is 6.92 Å². The smallest absolute Gasteiger partial charge is 0.322 e. The summed E-state index contributed by atoms with van der Waals surface area (Å²) in [6, 6.07) is 7.38. The van der Waals surface area contributed by atoms with Crippen molar-refractivity contribution in [1.82, 2.24) is 9.88 Å². The quantitative estimate of drug-likeness (QED) is 0.935. The third-order valence-corrected chi connectivity index (χ3v) is 3.81. The van der Waals surface area contributed by atoms with E-state index < -0.39 is 0 Å². The molecule has 0 spiro atoms. The van der Waals surface area contributed by atoms with Gasteiger partial charge in [-0.05, 0) is 36.6 Å². The maximum atomic E-state index is 12.1. The fourth-order valence-electron chi connectivity index (χ4n) is 2.36. The summed E-state index contributed by atoms with van der Waals surface area (Å²) in [4.78, 5) is 17.6. The van der Waals surface area contributed by atoms with Crippen molar-refractivity contribution in [3.05, 3.63) is 48.2 Å². The van der Waals surface area contributed by atoms with E-state index >= 15 is 0 Å². The van der Waals surface area contributed by atoms with Crippen LogP contribution in [0.5, 0.6) is 0 Å². The molecule has 1 saturated carbocycles. The number of rotatable bonds is 4. The number of nitrogens with zero attached hydrogens (tertiary/aromatic N) is 2. The summed E-state index contributed by atoms with van der Waals surface area (Å²) in [6.45, 7) is 2.67. The standard InChI is InChI=1S/C16H19N3O2/c1-11-8-14(11)15-6-5-13(21-15)10-19(2)16(20)18-12-4-3-7-17-9-12/h3-7,9,11,14H,8,10H2,1-2H3,(H,18,20)/t11-,14+/m1/s1. The minimum absolute atomic E-state index is 0.180. The van der Waals surface area contributed by atoms with Gasteiger partial charge in [-0.15, -0.1) is 0 Å². The van der Waals surface area contributed by atoms with Gasteiger partial charge >= 0.3 is 6.03 Å². The number of nitrogens with one attached hydrogen (secondary N) is 1. The number of carbonyl (C=O) groups is 1. The predicted molar refractivity (Wildman–Crippen MR) is 80.0 cm³/mol. The van der Waals surface area contributed by atoms with Gasteiger partial charge in [0.25, 0.3) is 0 Å². The zero-order chi connectivity index (χ0) is 14.8. The molecule has 1 aliphatic carbocycles. The van der Waals surface area contributed by atoms with E-state index in [-0.39, 0.29) is 6.03 Å². The van der Waals surface area contributed by atoms with Crippen LogP contribution in [0.4, 0.5) is 10.5 Å². The number of anilines is 1. The molecule has 0 bridgehead atoms. The zero-order valence-corrected chi connectivity index (χ0v) is 12.2. The van der Waals surface area contributed by atoms with Crippen LogP contribution in [0.15, 0.2) is 41.1 Å². The van der Waals surface area contributed by atoms with Crippen LogP contribution < -0.4 is 5.32 Å². The first-order valence-corrected chi connectivity index (χ1v) is 7.14. The van der Waals surface area contributed by atoms with Crippen molar-refractivity contribution in [2.75, 3.05) is 12.4 Å². The van der Waals surface area contributed by atoms with Crippen LogP contribution in [0, 0.1) is 5.92 Å². The Bertz CT molecular complexity index is 623. The molecule has 0 unspecified atom stereocenters. The van der Waals surface area contributed by atoms with Gasteiger partial charge in [0.2, 0.25) is 0 Å². The zero-order valence-electron chi connectivity index (χ0n) is 12.2. The topological polar surface area (TPSA) is 58.4 Å². The van der Waals surface area contributed by atoms with Gasteiger partial charge < -0.3 is 14.6 Å². The van der Waals surface area contributed by atoms with Crippen LogP contribution in [0.2, 0.25) is 0 Å². The van der Waals surface area contributed by atoms with E-state index in [0.29, 0.717) is 18.2 Å². The monoisotopic (exact) mass is 285 g/mol. The number of hydrogen-bond acceptors (Lipinski definition) is 3. The highest BCUT2D eigenvalue weighted by molar-refractivity contribution is 5.88. The summed E-state index contributed by atoms with van der Waals surface area (Å²) in [6.07, 6.45) is 4.48. The van der Waals surface area contributed by atoms with Gasteiger partial charge in [0.05, 0.1) is 18.4 Å². The summed E-state index contributed by atoms with van der Waals surface area (Å²) in [5.74, 6) is 3.13. The highest BCUT2D eigenvalue weighted by atomic mass is 16.3. The second kappa shape index (κ2) is 5.60. The van der Waals surface area contributed by atoms with Crippen molar-refractivity contribution in [3.63, 3.8) is 0 Å². The van der Waals surface area contributed by atoms with E-state index in [1.54, 1.807) is 36.5 Å². The Morgan fingerprint density at radius 3 is 2.95 bits per heavy atom. The molecule has 1 fully saturated rings. The van der Waals surface area contributed by atoms with Gasteiger partial charge in [0.1, 0.15) is 11.5 Å².